The van der Waals surface area contributed by atoms with Gasteiger partial charge in [0.15, 0.2) is 0 Å². The van der Waals surface area contributed by atoms with E-state index in [2.05, 4.69) is 24.5 Å². The molecule has 3 N–H and O–H groups in total. The Labute approximate surface area is 118 Å². The third-order valence-corrected chi connectivity index (χ3v) is 3.15. The summed E-state index contributed by atoms with van der Waals surface area (Å²) in [6.07, 6.45) is 8.03. The lowest BCUT2D eigenvalue weighted by Gasteiger charge is -2.12. The number of carbonyl (C=O) groups is 1. The van der Waals surface area contributed by atoms with E-state index in [9.17, 15) is 9.90 Å². The first kappa shape index (κ1) is 18.4. The molecule has 0 saturated carbocycles. The van der Waals surface area contributed by atoms with Crippen molar-refractivity contribution in [1.29, 1.82) is 0 Å². The molecule has 0 aliphatic heterocycles. The molecule has 114 valence electrons. The van der Waals surface area contributed by atoms with Crippen molar-refractivity contribution >= 4 is 5.91 Å². The van der Waals surface area contributed by atoms with Gasteiger partial charge in [-0.3, -0.25) is 4.79 Å². The molecule has 0 saturated heterocycles. The molecular weight excluding hydrogens is 240 g/mol. The van der Waals surface area contributed by atoms with Gasteiger partial charge in [0.25, 0.3) is 0 Å². The van der Waals surface area contributed by atoms with Crippen LogP contribution in [0.4, 0.5) is 0 Å². The summed E-state index contributed by atoms with van der Waals surface area (Å²) in [4.78, 5) is 11.3. The molecule has 4 nitrogen and oxygen atoms in total. The van der Waals surface area contributed by atoms with Crippen LogP contribution in [0.5, 0.6) is 0 Å². The van der Waals surface area contributed by atoms with E-state index in [1.165, 1.54) is 19.3 Å². The van der Waals surface area contributed by atoms with Crippen molar-refractivity contribution in [3.63, 3.8) is 0 Å². The van der Waals surface area contributed by atoms with Crippen molar-refractivity contribution in [2.24, 2.45) is 0 Å². The third kappa shape index (κ3) is 13.6. The predicted octanol–water partition coefficient (Wildman–Crippen LogP) is 2.21. The lowest BCUT2D eigenvalue weighted by molar-refractivity contribution is -0.121. The minimum absolute atomic E-state index is 0.128. The summed E-state index contributed by atoms with van der Waals surface area (Å²) in [5.41, 5.74) is 0. The monoisotopic (exact) mass is 272 g/mol. The quantitative estimate of drug-likeness (QED) is 0.451. The van der Waals surface area contributed by atoms with Crippen molar-refractivity contribution in [2.75, 3.05) is 19.6 Å². The highest BCUT2D eigenvalue weighted by Gasteiger charge is 2.03. The summed E-state index contributed by atoms with van der Waals surface area (Å²) in [5, 5.41) is 15.8. The molecule has 0 spiro atoms. The van der Waals surface area contributed by atoms with Crippen LogP contribution in [-0.4, -0.2) is 36.8 Å². The maximum absolute atomic E-state index is 11.3. The summed E-state index contributed by atoms with van der Waals surface area (Å²) >= 11 is 0. The maximum Gasteiger partial charge on any atom is 0.220 e. The molecule has 0 aromatic rings. The molecule has 0 aliphatic rings. The highest BCUT2D eigenvalue weighted by atomic mass is 16.3. The van der Waals surface area contributed by atoms with Gasteiger partial charge in [0.1, 0.15) is 0 Å². The first-order valence-electron chi connectivity index (χ1n) is 7.86. The number of hydrogen-bond donors (Lipinski definition) is 3. The van der Waals surface area contributed by atoms with Crippen LogP contribution in [0.1, 0.15) is 65.2 Å². The number of amides is 1. The van der Waals surface area contributed by atoms with Crippen molar-refractivity contribution in [2.45, 2.75) is 71.3 Å². The Kier molecular flexibility index (Phi) is 13.4. The second-order valence-corrected chi connectivity index (χ2v) is 5.16. The molecule has 1 atom stereocenters. The van der Waals surface area contributed by atoms with E-state index in [4.69, 9.17) is 0 Å². The van der Waals surface area contributed by atoms with Crippen LogP contribution in [0.3, 0.4) is 0 Å². The molecule has 0 aliphatic carbocycles. The molecule has 0 radical (unpaired) electrons. The zero-order chi connectivity index (χ0) is 14.3. The highest BCUT2D eigenvalue weighted by molar-refractivity contribution is 5.75. The van der Waals surface area contributed by atoms with Gasteiger partial charge >= 0.3 is 0 Å². The number of nitrogens with one attached hydrogen (secondary N) is 2. The lowest BCUT2D eigenvalue weighted by Crippen LogP contribution is -2.35. The number of aliphatic hydroxyl groups is 1. The van der Waals surface area contributed by atoms with Gasteiger partial charge in [0, 0.05) is 26.1 Å². The Morgan fingerprint density at radius 2 is 1.79 bits per heavy atom. The van der Waals surface area contributed by atoms with Gasteiger partial charge in [-0.25, -0.2) is 0 Å². The van der Waals surface area contributed by atoms with Crippen LogP contribution in [0.15, 0.2) is 0 Å². The van der Waals surface area contributed by atoms with E-state index in [-0.39, 0.29) is 12.0 Å². The molecule has 0 aromatic carbocycles. The van der Waals surface area contributed by atoms with Crippen LogP contribution in [0, 0.1) is 0 Å². The van der Waals surface area contributed by atoms with E-state index in [1.54, 1.807) is 0 Å². The normalized spacial score (nSPS) is 12.4. The van der Waals surface area contributed by atoms with Crippen molar-refractivity contribution < 1.29 is 9.90 Å². The first-order chi connectivity index (χ1) is 9.20. The molecule has 0 aromatic heterocycles. The van der Waals surface area contributed by atoms with E-state index in [0.717, 1.165) is 32.2 Å². The van der Waals surface area contributed by atoms with Crippen LogP contribution < -0.4 is 10.6 Å². The Hall–Kier alpha value is -0.610. The lowest BCUT2D eigenvalue weighted by atomic mass is 10.1. The summed E-state index contributed by atoms with van der Waals surface area (Å²) in [7, 11) is 0. The summed E-state index contributed by atoms with van der Waals surface area (Å²) in [6, 6.07) is 0. The van der Waals surface area contributed by atoms with E-state index >= 15 is 0 Å². The molecule has 1 amide bonds. The minimum atomic E-state index is -0.257. The van der Waals surface area contributed by atoms with Crippen LogP contribution >= 0.6 is 0 Å². The molecule has 19 heavy (non-hydrogen) atoms. The standard InChI is InChI=1S/C15H32N2O2/c1-3-5-7-8-9-14(18)13-16-11-12-17-15(19)10-6-4-2/h14,16,18H,3-13H2,1-2H3,(H,17,19). The minimum Gasteiger partial charge on any atom is -0.392 e. The Morgan fingerprint density at radius 1 is 1.05 bits per heavy atom. The van der Waals surface area contributed by atoms with Crippen LogP contribution in [-0.2, 0) is 4.79 Å². The first-order valence-corrected chi connectivity index (χ1v) is 7.86. The number of carbonyl (C=O) groups excluding carboxylic acids is 1. The highest BCUT2D eigenvalue weighted by Crippen LogP contribution is 2.04. The molecular formula is C15H32N2O2. The second-order valence-electron chi connectivity index (χ2n) is 5.16. The summed E-state index contributed by atoms with van der Waals surface area (Å²) in [5.74, 6) is 0.128. The molecule has 1 unspecified atom stereocenters. The average molecular weight is 272 g/mol. The SMILES string of the molecule is CCCCCCC(O)CNCCNC(=O)CCCC. The fourth-order valence-corrected chi connectivity index (χ4v) is 1.89. The van der Waals surface area contributed by atoms with Gasteiger partial charge in [-0.15, -0.1) is 0 Å². The second kappa shape index (κ2) is 13.8. The van der Waals surface area contributed by atoms with Crippen molar-refractivity contribution in [3.8, 4) is 0 Å². The van der Waals surface area contributed by atoms with Crippen LogP contribution in [0.25, 0.3) is 0 Å². The maximum atomic E-state index is 11.3. The van der Waals surface area contributed by atoms with E-state index < -0.39 is 0 Å². The fraction of sp³-hybridized carbons (Fsp3) is 0.933. The van der Waals surface area contributed by atoms with Crippen molar-refractivity contribution in [3.05, 3.63) is 0 Å². The molecule has 0 heterocycles. The smallest absolute Gasteiger partial charge is 0.220 e. The van der Waals surface area contributed by atoms with Gasteiger partial charge in [0.05, 0.1) is 6.10 Å². The molecule has 4 heteroatoms. The Morgan fingerprint density at radius 3 is 2.47 bits per heavy atom. The zero-order valence-corrected chi connectivity index (χ0v) is 12.7. The Balaban J connectivity index is 3.26. The topological polar surface area (TPSA) is 61.4 Å². The zero-order valence-electron chi connectivity index (χ0n) is 12.7. The van der Waals surface area contributed by atoms with E-state index in [1.807, 2.05) is 0 Å². The average Bonchev–Trinajstić information content (AvgIpc) is 2.41. The molecule has 0 fully saturated rings. The molecule has 0 rings (SSSR count). The van der Waals surface area contributed by atoms with Crippen molar-refractivity contribution in [1.82, 2.24) is 10.6 Å². The van der Waals surface area contributed by atoms with Crippen LogP contribution in [0.2, 0.25) is 0 Å². The number of aliphatic hydroxyl groups excluding tert-OH is 1. The molecule has 0 bridgehead atoms. The van der Waals surface area contributed by atoms with Gasteiger partial charge in [0.2, 0.25) is 5.91 Å². The van der Waals surface area contributed by atoms with Gasteiger partial charge < -0.3 is 15.7 Å². The number of unbranched alkanes of at least 4 members (excludes halogenated alkanes) is 4. The largest absolute Gasteiger partial charge is 0.392 e. The summed E-state index contributed by atoms with van der Waals surface area (Å²) < 4.78 is 0. The fourth-order valence-electron chi connectivity index (χ4n) is 1.89. The Bertz CT molecular complexity index is 210. The third-order valence-electron chi connectivity index (χ3n) is 3.15. The summed E-state index contributed by atoms with van der Waals surface area (Å²) in [6.45, 7) is 6.26. The van der Waals surface area contributed by atoms with Gasteiger partial charge in [-0.2, -0.15) is 0 Å². The van der Waals surface area contributed by atoms with E-state index in [0.29, 0.717) is 19.5 Å². The van der Waals surface area contributed by atoms with Gasteiger partial charge in [-0.05, 0) is 12.8 Å². The number of hydrogen-bond acceptors (Lipinski definition) is 3. The predicted molar refractivity (Wildman–Crippen MR) is 80.2 cm³/mol. The van der Waals surface area contributed by atoms with Gasteiger partial charge in [-0.1, -0.05) is 46.0 Å². The number of rotatable bonds is 13.